The molecule has 3 aromatic rings. The molecule has 0 saturated heterocycles. The van der Waals surface area contributed by atoms with Gasteiger partial charge in [0.15, 0.2) is 0 Å². The van der Waals surface area contributed by atoms with Crippen LogP contribution in [0.3, 0.4) is 0 Å². The summed E-state index contributed by atoms with van der Waals surface area (Å²) in [6.45, 7) is 2.48. The van der Waals surface area contributed by atoms with Crippen LogP contribution in [0.15, 0.2) is 42.6 Å². The van der Waals surface area contributed by atoms with Gasteiger partial charge in [0.25, 0.3) is 5.91 Å². The molecule has 0 aliphatic carbocycles. The van der Waals surface area contributed by atoms with Crippen molar-refractivity contribution in [3.05, 3.63) is 65.2 Å². The first kappa shape index (κ1) is 22.2. The third-order valence-corrected chi connectivity index (χ3v) is 5.13. The number of carbonyl (C=O) groups is 3. The molecule has 170 valence electrons. The Morgan fingerprint density at radius 2 is 1.88 bits per heavy atom. The van der Waals surface area contributed by atoms with Gasteiger partial charge in [-0.3, -0.25) is 9.78 Å². The summed E-state index contributed by atoms with van der Waals surface area (Å²) in [4.78, 5) is 42.0. The molecule has 11 heteroatoms. The van der Waals surface area contributed by atoms with Crippen molar-refractivity contribution in [2.24, 2.45) is 0 Å². The smallest absolute Gasteiger partial charge is 0.383 e. The molecule has 0 radical (unpaired) electrons. The van der Waals surface area contributed by atoms with E-state index >= 15 is 0 Å². The minimum absolute atomic E-state index is 0.0957. The van der Waals surface area contributed by atoms with E-state index in [1.165, 1.54) is 12.3 Å². The van der Waals surface area contributed by atoms with Crippen LogP contribution in [-0.2, 0) is 9.53 Å². The first-order valence-corrected chi connectivity index (χ1v) is 9.65. The summed E-state index contributed by atoms with van der Waals surface area (Å²) in [5.41, 5.74) is 2.36. The van der Waals surface area contributed by atoms with Crippen LogP contribution in [0.25, 0.3) is 22.5 Å². The number of hydrogen-bond donors (Lipinski definition) is 2. The summed E-state index contributed by atoms with van der Waals surface area (Å²) in [6.07, 6.45) is -3.91. The van der Waals surface area contributed by atoms with Crippen LogP contribution < -0.4 is 5.32 Å². The van der Waals surface area contributed by atoms with E-state index in [0.717, 1.165) is 17.8 Å². The quantitative estimate of drug-likeness (QED) is 0.349. The number of rotatable bonds is 3. The van der Waals surface area contributed by atoms with Crippen molar-refractivity contribution in [2.75, 3.05) is 6.54 Å². The van der Waals surface area contributed by atoms with Crippen molar-refractivity contribution in [3.8, 4) is 22.5 Å². The molecule has 1 aliphatic heterocycles. The number of fused-ring (bicyclic) bond motifs is 1. The lowest BCUT2D eigenvalue weighted by Crippen LogP contribution is -2.33. The predicted octanol–water partition coefficient (Wildman–Crippen LogP) is 3.98. The van der Waals surface area contributed by atoms with Gasteiger partial charge in [0.2, 0.25) is 0 Å². The average Bonchev–Trinajstić information content (AvgIpc) is 3.22. The Morgan fingerprint density at radius 1 is 1.12 bits per heavy atom. The maximum atomic E-state index is 14.4. The van der Waals surface area contributed by atoms with Crippen molar-refractivity contribution < 1.29 is 36.7 Å². The minimum atomic E-state index is -5.38. The Bertz CT molecular complexity index is 1280. The summed E-state index contributed by atoms with van der Waals surface area (Å²) in [6, 6.07) is 8.09. The topological polar surface area (TPSA) is 101 Å². The molecule has 7 nitrogen and oxygen atoms in total. The molecule has 1 unspecified atom stereocenters. The number of hydrogen-bond acceptors (Lipinski definition) is 5. The Kier molecular flexibility index (Phi) is 5.48. The molecular formula is C22H15F4N3O4. The van der Waals surface area contributed by atoms with E-state index in [1.807, 2.05) is 6.92 Å². The van der Waals surface area contributed by atoms with Gasteiger partial charge < -0.3 is 15.0 Å². The lowest BCUT2D eigenvalue weighted by atomic mass is 9.99. The number of esters is 2. The van der Waals surface area contributed by atoms with Gasteiger partial charge in [0, 0.05) is 41.2 Å². The zero-order chi connectivity index (χ0) is 23.9. The van der Waals surface area contributed by atoms with Gasteiger partial charge in [-0.05, 0) is 30.3 Å². The predicted molar refractivity (Wildman–Crippen MR) is 107 cm³/mol. The highest BCUT2D eigenvalue weighted by molar-refractivity contribution is 5.99. The number of alkyl halides is 3. The van der Waals surface area contributed by atoms with Crippen LogP contribution in [0.4, 0.5) is 17.6 Å². The van der Waals surface area contributed by atoms with E-state index in [1.54, 1.807) is 18.2 Å². The van der Waals surface area contributed by atoms with Gasteiger partial charge in [0.05, 0.1) is 16.8 Å². The van der Waals surface area contributed by atoms with E-state index < -0.39 is 29.5 Å². The molecule has 1 amide bonds. The molecule has 0 bridgehead atoms. The van der Waals surface area contributed by atoms with Crippen LogP contribution in [0.2, 0.25) is 0 Å². The molecule has 2 N–H and O–H groups in total. The zero-order valence-corrected chi connectivity index (χ0v) is 16.9. The second-order valence-electron chi connectivity index (χ2n) is 7.42. The summed E-state index contributed by atoms with van der Waals surface area (Å²) in [5, 5.41) is 2.80. The fraction of sp³-hybridized carbons (Fsp3) is 0.182. The molecule has 0 spiro atoms. The Labute approximate surface area is 183 Å². The molecule has 0 saturated carbocycles. The fourth-order valence-electron chi connectivity index (χ4n) is 3.44. The number of amides is 1. The van der Waals surface area contributed by atoms with Crippen molar-refractivity contribution in [1.29, 1.82) is 0 Å². The standard InChI is InChI=1S/C22H15F4N3O4/c1-10-9-28-19(30)14-8-17(29-18(10)14)12-4-5-27-16(7-12)11-2-3-13(15(23)6-11)20(31)33-21(32)22(24,25)26/h2-8,10,29H,9H2,1H3,(H,28,30). The van der Waals surface area contributed by atoms with E-state index in [4.69, 9.17) is 0 Å². The average molecular weight is 461 g/mol. The van der Waals surface area contributed by atoms with E-state index in [9.17, 15) is 31.9 Å². The summed E-state index contributed by atoms with van der Waals surface area (Å²) in [5.74, 6) is -5.76. The molecule has 4 rings (SSSR count). The van der Waals surface area contributed by atoms with Crippen LogP contribution in [0.5, 0.6) is 0 Å². The van der Waals surface area contributed by atoms with Crippen molar-refractivity contribution in [1.82, 2.24) is 15.3 Å². The summed E-state index contributed by atoms with van der Waals surface area (Å²) < 4.78 is 54.9. The van der Waals surface area contributed by atoms with Gasteiger partial charge in [-0.15, -0.1) is 0 Å². The lowest BCUT2D eigenvalue weighted by Gasteiger charge is -2.18. The van der Waals surface area contributed by atoms with E-state index in [2.05, 4.69) is 20.0 Å². The Balaban J connectivity index is 1.61. The number of nitrogens with zero attached hydrogens (tertiary/aromatic N) is 1. The number of nitrogens with one attached hydrogen (secondary N) is 2. The number of aromatic amines is 1. The number of aromatic nitrogens is 2. The molecule has 3 heterocycles. The third kappa shape index (κ3) is 4.34. The second kappa shape index (κ2) is 8.15. The fourth-order valence-corrected chi connectivity index (χ4v) is 3.44. The first-order valence-electron chi connectivity index (χ1n) is 9.65. The third-order valence-electron chi connectivity index (χ3n) is 5.13. The van der Waals surface area contributed by atoms with Crippen molar-refractivity contribution in [3.63, 3.8) is 0 Å². The molecule has 0 fully saturated rings. The lowest BCUT2D eigenvalue weighted by molar-refractivity contribution is -0.193. The van der Waals surface area contributed by atoms with E-state index in [-0.39, 0.29) is 17.4 Å². The minimum Gasteiger partial charge on any atom is -0.383 e. The van der Waals surface area contributed by atoms with Gasteiger partial charge in [-0.25, -0.2) is 14.0 Å². The Morgan fingerprint density at radius 3 is 2.55 bits per heavy atom. The van der Waals surface area contributed by atoms with Crippen LogP contribution in [0.1, 0.15) is 39.3 Å². The van der Waals surface area contributed by atoms with Gasteiger partial charge in [-0.1, -0.05) is 13.0 Å². The van der Waals surface area contributed by atoms with Crippen molar-refractivity contribution in [2.45, 2.75) is 19.0 Å². The zero-order valence-electron chi connectivity index (χ0n) is 16.9. The number of halogens is 4. The van der Waals surface area contributed by atoms with Gasteiger partial charge in [0.1, 0.15) is 5.82 Å². The van der Waals surface area contributed by atoms with Crippen molar-refractivity contribution >= 4 is 17.8 Å². The molecule has 2 aromatic heterocycles. The molecular weight excluding hydrogens is 446 g/mol. The van der Waals surface area contributed by atoms with Gasteiger partial charge >= 0.3 is 18.1 Å². The number of H-pyrrole nitrogens is 1. The summed E-state index contributed by atoms with van der Waals surface area (Å²) in [7, 11) is 0. The van der Waals surface area contributed by atoms with E-state index in [0.29, 0.717) is 29.1 Å². The van der Waals surface area contributed by atoms with Crippen LogP contribution in [0, 0.1) is 5.82 Å². The van der Waals surface area contributed by atoms with Gasteiger partial charge in [-0.2, -0.15) is 13.2 Å². The molecule has 33 heavy (non-hydrogen) atoms. The highest BCUT2D eigenvalue weighted by Gasteiger charge is 2.42. The maximum absolute atomic E-state index is 14.4. The number of benzene rings is 1. The molecule has 1 aliphatic rings. The number of pyridine rings is 1. The second-order valence-corrected chi connectivity index (χ2v) is 7.42. The highest BCUT2D eigenvalue weighted by atomic mass is 19.4. The maximum Gasteiger partial charge on any atom is 0.491 e. The normalized spacial score (nSPS) is 15.5. The SMILES string of the molecule is CC1CNC(=O)c2cc(-c3ccnc(-c4ccc(C(=O)OC(=O)C(F)(F)F)c(F)c4)c3)[nH]c21. The Hall–Kier alpha value is -4.02. The first-order chi connectivity index (χ1) is 15.5. The monoisotopic (exact) mass is 461 g/mol. The molecule has 1 aromatic carbocycles. The van der Waals surface area contributed by atoms with Crippen LogP contribution >= 0.6 is 0 Å². The molecule has 1 atom stereocenters. The number of carbonyl (C=O) groups excluding carboxylic acids is 3. The van der Waals surface area contributed by atoms with Crippen LogP contribution in [-0.4, -0.2) is 40.5 Å². The number of ether oxygens (including phenoxy) is 1. The summed E-state index contributed by atoms with van der Waals surface area (Å²) >= 11 is 0. The largest absolute Gasteiger partial charge is 0.491 e. The highest BCUT2D eigenvalue weighted by Crippen LogP contribution is 2.31.